The number of benzene rings is 1. The second-order valence-electron chi connectivity index (χ2n) is 5.67. The SMILES string of the molecule is CCNC(=NCc1cc2ccccc2o1)NCCn1cnnc1CC. The summed E-state index contributed by atoms with van der Waals surface area (Å²) in [7, 11) is 0. The molecule has 0 atom stereocenters. The van der Waals surface area contributed by atoms with E-state index in [1.54, 1.807) is 6.33 Å². The molecule has 0 unspecified atom stereocenters. The number of hydrogen-bond donors (Lipinski definition) is 2. The van der Waals surface area contributed by atoms with E-state index in [4.69, 9.17) is 4.42 Å². The monoisotopic (exact) mass is 340 g/mol. The van der Waals surface area contributed by atoms with Gasteiger partial charge in [-0.1, -0.05) is 25.1 Å². The van der Waals surface area contributed by atoms with Crippen molar-refractivity contribution in [3.05, 3.63) is 48.2 Å². The fraction of sp³-hybridized carbons (Fsp3) is 0.389. The zero-order valence-corrected chi connectivity index (χ0v) is 14.7. The molecule has 2 N–H and O–H groups in total. The normalized spacial score (nSPS) is 11.8. The van der Waals surface area contributed by atoms with Crippen LogP contribution in [-0.2, 0) is 19.5 Å². The van der Waals surface area contributed by atoms with Gasteiger partial charge in [-0.2, -0.15) is 0 Å². The van der Waals surface area contributed by atoms with Crippen LogP contribution in [0.1, 0.15) is 25.4 Å². The molecule has 0 spiro atoms. The summed E-state index contributed by atoms with van der Waals surface area (Å²) < 4.78 is 7.86. The van der Waals surface area contributed by atoms with E-state index in [9.17, 15) is 0 Å². The molecule has 0 aliphatic carbocycles. The smallest absolute Gasteiger partial charge is 0.191 e. The van der Waals surface area contributed by atoms with Crippen molar-refractivity contribution >= 4 is 16.9 Å². The third kappa shape index (κ3) is 4.37. The minimum Gasteiger partial charge on any atom is -0.459 e. The quantitative estimate of drug-likeness (QED) is 0.510. The Morgan fingerprint density at radius 3 is 2.92 bits per heavy atom. The molecule has 0 amide bonds. The highest BCUT2D eigenvalue weighted by Crippen LogP contribution is 2.19. The van der Waals surface area contributed by atoms with Gasteiger partial charge in [-0.3, -0.25) is 0 Å². The molecule has 1 aromatic carbocycles. The second-order valence-corrected chi connectivity index (χ2v) is 5.67. The zero-order chi connectivity index (χ0) is 17.5. The Morgan fingerprint density at radius 1 is 1.24 bits per heavy atom. The molecule has 7 heteroatoms. The van der Waals surface area contributed by atoms with Gasteiger partial charge in [-0.25, -0.2) is 4.99 Å². The van der Waals surface area contributed by atoms with E-state index in [0.29, 0.717) is 6.54 Å². The van der Waals surface area contributed by atoms with Crippen molar-refractivity contribution in [2.24, 2.45) is 4.99 Å². The molecular weight excluding hydrogens is 316 g/mol. The predicted octanol–water partition coefficient (Wildman–Crippen LogP) is 2.34. The van der Waals surface area contributed by atoms with Crippen LogP contribution >= 0.6 is 0 Å². The molecule has 0 fully saturated rings. The highest BCUT2D eigenvalue weighted by Gasteiger charge is 2.04. The molecule has 2 aromatic heterocycles. The fourth-order valence-corrected chi connectivity index (χ4v) is 2.65. The van der Waals surface area contributed by atoms with Gasteiger partial charge >= 0.3 is 0 Å². The Kier molecular flexibility index (Phi) is 5.66. The number of nitrogens with zero attached hydrogens (tertiary/aromatic N) is 4. The molecule has 7 nitrogen and oxygen atoms in total. The number of aromatic nitrogens is 3. The summed E-state index contributed by atoms with van der Waals surface area (Å²) in [5.41, 5.74) is 0.894. The van der Waals surface area contributed by atoms with Crippen molar-refractivity contribution in [2.75, 3.05) is 13.1 Å². The standard InChI is InChI=1S/C18H24N6O/c1-3-17-23-22-13-24(17)10-9-20-18(19-4-2)21-12-15-11-14-7-5-6-8-16(14)25-15/h5-8,11,13H,3-4,9-10,12H2,1-2H3,(H2,19,20,21). The van der Waals surface area contributed by atoms with Crippen molar-refractivity contribution in [3.8, 4) is 0 Å². The average Bonchev–Trinajstić information content (AvgIpc) is 3.25. The van der Waals surface area contributed by atoms with Crippen molar-refractivity contribution in [1.82, 2.24) is 25.4 Å². The number of aryl methyl sites for hydroxylation is 1. The zero-order valence-electron chi connectivity index (χ0n) is 14.7. The summed E-state index contributed by atoms with van der Waals surface area (Å²) in [4.78, 5) is 4.60. The highest BCUT2D eigenvalue weighted by atomic mass is 16.3. The summed E-state index contributed by atoms with van der Waals surface area (Å²) in [5.74, 6) is 2.62. The highest BCUT2D eigenvalue weighted by molar-refractivity contribution is 5.80. The molecular formula is C18H24N6O. The van der Waals surface area contributed by atoms with Crippen LogP contribution in [0.5, 0.6) is 0 Å². The van der Waals surface area contributed by atoms with Gasteiger partial charge in [0.15, 0.2) is 5.96 Å². The van der Waals surface area contributed by atoms with Gasteiger partial charge in [0.25, 0.3) is 0 Å². The van der Waals surface area contributed by atoms with Gasteiger partial charge in [0.05, 0.1) is 0 Å². The first-order valence-electron chi connectivity index (χ1n) is 8.66. The third-order valence-electron chi connectivity index (χ3n) is 3.87. The summed E-state index contributed by atoms with van der Waals surface area (Å²) in [5, 5.41) is 15.7. The van der Waals surface area contributed by atoms with E-state index in [1.807, 2.05) is 37.3 Å². The maximum Gasteiger partial charge on any atom is 0.191 e. The van der Waals surface area contributed by atoms with Gasteiger partial charge in [-0.05, 0) is 19.1 Å². The maximum atomic E-state index is 5.81. The van der Waals surface area contributed by atoms with Crippen LogP contribution in [-0.4, -0.2) is 33.8 Å². The number of rotatable bonds is 7. The number of fused-ring (bicyclic) bond motifs is 1. The van der Waals surface area contributed by atoms with Crippen LogP contribution in [0.25, 0.3) is 11.0 Å². The van der Waals surface area contributed by atoms with E-state index >= 15 is 0 Å². The molecule has 25 heavy (non-hydrogen) atoms. The van der Waals surface area contributed by atoms with E-state index in [1.165, 1.54) is 0 Å². The van der Waals surface area contributed by atoms with E-state index in [-0.39, 0.29) is 0 Å². The third-order valence-corrected chi connectivity index (χ3v) is 3.87. The first-order valence-corrected chi connectivity index (χ1v) is 8.66. The lowest BCUT2D eigenvalue weighted by Crippen LogP contribution is -2.38. The Labute approximate surface area is 147 Å². The van der Waals surface area contributed by atoms with Crippen molar-refractivity contribution in [1.29, 1.82) is 0 Å². The van der Waals surface area contributed by atoms with Crippen LogP contribution in [0.3, 0.4) is 0 Å². The Hall–Kier alpha value is -2.83. The van der Waals surface area contributed by atoms with E-state index in [2.05, 4.69) is 37.3 Å². The first-order chi connectivity index (χ1) is 12.3. The fourth-order valence-electron chi connectivity index (χ4n) is 2.65. The van der Waals surface area contributed by atoms with E-state index in [0.717, 1.165) is 54.6 Å². The summed E-state index contributed by atoms with van der Waals surface area (Å²) in [6.45, 7) is 6.97. The number of para-hydroxylation sites is 1. The van der Waals surface area contributed by atoms with Crippen molar-refractivity contribution < 1.29 is 4.42 Å². The summed E-state index contributed by atoms with van der Waals surface area (Å²) in [6, 6.07) is 10.0. The summed E-state index contributed by atoms with van der Waals surface area (Å²) >= 11 is 0. The minimum atomic E-state index is 0.497. The minimum absolute atomic E-state index is 0.497. The second kappa shape index (κ2) is 8.32. The number of nitrogens with one attached hydrogen (secondary N) is 2. The number of hydrogen-bond acceptors (Lipinski definition) is 4. The molecule has 132 valence electrons. The van der Waals surface area contributed by atoms with Gasteiger partial charge < -0.3 is 19.6 Å². The lowest BCUT2D eigenvalue weighted by atomic mass is 10.2. The van der Waals surface area contributed by atoms with Gasteiger partial charge in [0, 0.05) is 31.4 Å². The molecule has 0 aliphatic heterocycles. The van der Waals surface area contributed by atoms with Crippen molar-refractivity contribution in [3.63, 3.8) is 0 Å². The Morgan fingerprint density at radius 2 is 2.12 bits per heavy atom. The predicted molar refractivity (Wildman–Crippen MR) is 98.4 cm³/mol. The molecule has 0 bridgehead atoms. The van der Waals surface area contributed by atoms with Crippen LogP contribution in [0, 0.1) is 0 Å². The van der Waals surface area contributed by atoms with Crippen LogP contribution in [0.4, 0.5) is 0 Å². The van der Waals surface area contributed by atoms with Crippen LogP contribution in [0.2, 0.25) is 0 Å². The van der Waals surface area contributed by atoms with Crippen molar-refractivity contribution in [2.45, 2.75) is 33.4 Å². The molecule has 2 heterocycles. The van der Waals surface area contributed by atoms with Gasteiger partial charge in [0.2, 0.25) is 0 Å². The lowest BCUT2D eigenvalue weighted by Gasteiger charge is -2.11. The lowest BCUT2D eigenvalue weighted by molar-refractivity contribution is 0.551. The van der Waals surface area contributed by atoms with Gasteiger partial charge in [-0.15, -0.1) is 10.2 Å². The van der Waals surface area contributed by atoms with Crippen LogP contribution in [0.15, 0.2) is 46.1 Å². The van der Waals surface area contributed by atoms with Gasteiger partial charge in [0.1, 0.15) is 30.0 Å². The first kappa shape index (κ1) is 17.0. The molecule has 3 aromatic rings. The molecule has 0 radical (unpaired) electrons. The Bertz CT molecular complexity index is 802. The maximum absolute atomic E-state index is 5.81. The average molecular weight is 340 g/mol. The molecule has 0 saturated carbocycles. The molecule has 0 saturated heterocycles. The Balaban J connectivity index is 1.58. The summed E-state index contributed by atoms with van der Waals surface area (Å²) in [6.07, 6.45) is 2.64. The largest absolute Gasteiger partial charge is 0.459 e. The number of guanidine groups is 1. The topological polar surface area (TPSA) is 80.3 Å². The number of furan rings is 1. The van der Waals surface area contributed by atoms with Crippen LogP contribution < -0.4 is 10.6 Å². The van der Waals surface area contributed by atoms with E-state index < -0.39 is 0 Å². The molecule has 0 aliphatic rings. The number of aliphatic imine (C=N–C) groups is 1. The molecule has 3 rings (SSSR count).